The van der Waals surface area contributed by atoms with E-state index in [4.69, 9.17) is 0 Å². The third-order valence-electron chi connectivity index (χ3n) is 16.7. The van der Waals surface area contributed by atoms with Crippen LogP contribution in [-0.4, -0.2) is 4.57 Å². The Hall–Kier alpha value is -8.98. The largest absolute Gasteiger partial charge is 0.311 e. The van der Waals surface area contributed by atoms with E-state index in [-0.39, 0.29) is 10.8 Å². The Morgan fingerprint density at radius 3 is 1.55 bits per heavy atom. The maximum atomic E-state index is 2.56. The SMILES string of the molecule is CC1(C)c2cc(N(C3=CCC=C(c4ccc(-c5ccccc5)cc4)C=C3)c3ccc(-c4ccccc4)cc3)ccc2-c2cc3c(cc21)-c1c(-c2ccc(-n4c5ccccc5c5ccccc54)cc2)cccc1C3(C)C. The van der Waals surface area contributed by atoms with Crippen molar-refractivity contribution in [1.29, 1.82) is 0 Å². The standard InChI is InChI=1S/C73H56N2/c1-72(2)65-26-16-25-59(54-36-41-57(42-37-54)75-69-27-13-11-23-61(69)62-24-12-14-28-70(62)75)71(65)64-47-67-63(46-68(64)72)60-44-43-58(45-66(60)73(67,3)4)74(56-39-34-53(35-40-56)49-19-9-6-10-20-49)55-22-15-21-50(33-38-55)52-31-29-51(30-32-52)48-17-7-5-8-18-48/h5-14,16-47H,15H2,1-4H3. The van der Waals surface area contributed by atoms with E-state index in [0.29, 0.717) is 0 Å². The molecule has 0 N–H and O–H groups in total. The van der Waals surface area contributed by atoms with E-state index in [0.717, 1.165) is 23.5 Å². The fourth-order valence-corrected chi connectivity index (χ4v) is 12.7. The molecule has 3 aliphatic carbocycles. The highest BCUT2D eigenvalue weighted by molar-refractivity contribution is 6.09. The lowest BCUT2D eigenvalue weighted by Gasteiger charge is -2.29. The Morgan fingerprint density at radius 2 is 0.880 bits per heavy atom. The number of nitrogens with zero attached hydrogens (tertiary/aromatic N) is 2. The maximum absolute atomic E-state index is 2.56. The van der Waals surface area contributed by atoms with Crippen molar-refractivity contribution in [3.63, 3.8) is 0 Å². The summed E-state index contributed by atoms with van der Waals surface area (Å²) in [5, 5.41) is 2.55. The van der Waals surface area contributed by atoms with Crippen molar-refractivity contribution in [3.05, 3.63) is 288 Å². The molecule has 3 aliphatic rings. The predicted molar refractivity (Wildman–Crippen MR) is 317 cm³/mol. The second-order valence-electron chi connectivity index (χ2n) is 21.6. The number of hydrogen-bond acceptors (Lipinski definition) is 1. The van der Waals surface area contributed by atoms with E-state index in [1.165, 1.54) is 117 Å². The lowest BCUT2D eigenvalue weighted by Crippen LogP contribution is -2.18. The van der Waals surface area contributed by atoms with Crippen LogP contribution in [0.1, 0.15) is 61.9 Å². The first-order valence-electron chi connectivity index (χ1n) is 26.5. The maximum Gasteiger partial charge on any atom is 0.0541 e. The molecule has 0 saturated carbocycles. The highest BCUT2D eigenvalue weighted by atomic mass is 15.1. The molecule has 0 radical (unpaired) electrons. The molecule has 2 heteroatoms. The quantitative estimate of drug-likeness (QED) is 0.147. The number of fused-ring (bicyclic) bond motifs is 9. The van der Waals surface area contributed by atoms with Gasteiger partial charge in [-0.2, -0.15) is 0 Å². The van der Waals surface area contributed by atoms with Crippen molar-refractivity contribution in [3.8, 4) is 61.3 Å². The van der Waals surface area contributed by atoms with Gasteiger partial charge in [-0.05, 0) is 162 Å². The minimum atomic E-state index is -0.251. The van der Waals surface area contributed by atoms with Gasteiger partial charge in [-0.3, -0.25) is 0 Å². The minimum absolute atomic E-state index is 0.177. The molecule has 1 heterocycles. The first kappa shape index (κ1) is 44.7. The van der Waals surface area contributed by atoms with Gasteiger partial charge in [0.1, 0.15) is 0 Å². The summed E-state index contributed by atoms with van der Waals surface area (Å²) in [6.45, 7) is 9.69. The van der Waals surface area contributed by atoms with E-state index < -0.39 is 0 Å². The summed E-state index contributed by atoms with van der Waals surface area (Å²) in [5.74, 6) is 0. The normalized spacial score (nSPS) is 14.7. The van der Waals surface area contributed by atoms with Crippen LogP contribution in [0.3, 0.4) is 0 Å². The van der Waals surface area contributed by atoms with Gasteiger partial charge in [0.05, 0.1) is 11.0 Å². The summed E-state index contributed by atoms with van der Waals surface area (Å²) in [5.41, 5.74) is 27.3. The molecule has 10 aromatic carbocycles. The Bertz CT molecular complexity index is 4090. The molecule has 0 bridgehead atoms. The smallest absolute Gasteiger partial charge is 0.0541 e. The Morgan fingerprint density at radius 1 is 0.360 bits per heavy atom. The number of para-hydroxylation sites is 2. The summed E-state index contributed by atoms with van der Waals surface area (Å²) in [6.07, 6.45) is 10.1. The van der Waals surface area contributed by atoms with Gasteiger partial charge in [-0.1, -0.05) is 216 Å². The van der Waals surface area contributed by atoms with Crippen molar-refractivity contribution in [2.45, 2.75) is 44.9 Å². The predicted octanol–water partition coefficient (Wildman–Crippen LogP) is 19.5. The van der Waals surface area contributed by atoms with Gasteiger partial charge in [0, 0.05) is 44.4 Å². The third-order valence-corrected chi connectivity index (χ3v) is 16.7. The van der Waals surface area contributed by atoms with Crippen LogP contribution < -0.4 is 4.90 Å². The second kappa shape index (κ2) is 17.3. The average molecular weight is 961 g/mol. The Labute approximate surface area is 440 Å². The van der Waals surface area contributed by atoms with E-state index >= 15 is 0 Å². The van der Waals surface area contributed by atoms with Gasteiger partial charge < -0.3 is 9.47 Å². The number of rotatable bonds is 8. The van der Waals surface area contributed by atoms with Crippen LogP contribution in [-0.2, 0) is 10.8 Å². The first-order chi connectivity index (χ1) is 36.7. The molecule has 0 saturated heterocycles. The first-order valence-corrected chi connectivity index (χ1v) is 26.5. The Kier molecular flexibility index (Phi) is 10.3. The van der Waals surface area contributed by atoms with Crippen molar-refractivity contribution in [2.75, 3.05) is 4.90 Å². The molecule has 11 aromatic rings. The van der Waals surface area contributed by atoms with Gasteiger partial charge in [-0.15, -0.1) is 0 Å². The molecule has 2 nitrogen and oxygen atoms in total. The highest BCUT2D eigenvalue weighted by Crippen LogP contribution is 2.58. The molecule has 75 heavy (non-hydrogen) atoms. The van der Waals surface area contributed by atoms with E-state index in [1.807, 2.05) is 0 Å². The molecular formula is C73H56N2. The topological polar surface area (TPSA) is 8.17 Å². The van der Waals surface area contributed by atoms with Crippen LogP contribution in [0.5, 0.6) is 0 Å². The summed E-state index contributed by atoms with van der Waals surface area (Å²) in [7, 11) is 0. The molecular weight excluding hydrogens is 905 g/mol. The van der Waals surface area contributed by atoms with Crippen LogP contribution in [0, 0.1) is 0 Å². The fourth-order valence-electron chi connectivity index (χ4n) is 12.7. The third kappa shape index (κ3) is 7.23. The lowest BCUT2D eigenvalue weighted by molar-refractivity contribution is 0.652. The van der Waals surface area contributed by atoms with E-state index in [2.05, 4.69) is 292 Å². The van der Waals surface area contributed by atoms with Crippen LogP contribution >= 0.6 is 0 Å². The van der Waals surface area contributed by atoms with Crippen LogP contribution in [0.2, 0.25) is 0 Å². The molecule has 0 spiro atoms. The number of hydrogen-bond donors (Lipinski definition) is 0. The fraction of sp³-hybridized carbons (Fsp3) is 0.0959. The summed E-state index contributed by atoms with van der Waals surface area (Å²) < 4.78 is 2.40. The second-order valence-corrected chi connectivity index (χ2v) is 21.6. The molecule has 0 atom stereocenters. The number of anilines is 2. The van der Waals surface area contributed by atoms with Crippen LogP contribution in [0.15, 0.2) is 261 Å². The van der Waals surface area contributed by atoms with E-state index in [1.54, 1.807) is 0 Å². The molecule has 1 aromatic heterocycles. The summed E-state index contributed by atoms with van der Waals surface area (Å²) >= 11 is 0. The van der Waals surface area contributed by atoms with Gasteiger partial charge in [-0.25, -0.2) is 0 Å². The highest BCUT2D eigenvalue weighted by Gasteiger charge is 2.43. The van der Waals surface area contributed by atoms with E-state index in [9.17, 15) is 0 Å². The van der Waals surface area contributed by atoms with Crippen molar-refractivity contribution < 1.29 is 0 Å². The van der Waals surface area contributed by atoms with Gasteiger partial charge in [0.25, 0.3) is 0 Å². The molecule has 0 aliphatic heterocycles. The zero-order chi connectivity index (χ0) is 50.4. The number of allylic oxidation sites excluding steroid dienone is 5. The molecule has 0 fully saturated rings. The summed E-state index contributed by atoms with van der Waals surface area (Å²) in [4.78, 5) is 2.46. The molecule has 358 valence electrons. The van der Waals surface area contributed by atoms with Crippen LogP contribution in [0.25, 0.3) is 88.7 Å². The number of benzene rings is 10. The van der Waals surface area contributed by atoms with Crippen molar-refractivity contribution in [1.82, 2.24) is 4.57 Å². The molecule has 0 amide bonds. The lowest BCUT2D eigenvalue weighted by atomic mass is 9.79. The minimum Gasteiger partial charge on any atom is -0.311 e. The molecule has 14 rings (SSSR count). The average Bonchev–Trinajstić information content (AvgIpc) is 3.91. The van der Waals surface area contributed by atoms with Crippen molar-refractivity contribution >= 4 is 38.8 Å². The zero-order valence-electron chi connectivity index (χ0n) is 42.9. The van der Waals surface area contributed by atoms with Crippen LogP contribution in [0.4, 0.5) is 11.4 Å². The monoisotopic (exact) mass is 960 g/mol. The molecule has 0 unspecified atom stereocenters. The van der Waals surface area contributed by atoms with Crippen molar-refractivity contribution in [2.24, 2.45) is 0 Å². The van der Waals surface area contributed by atoms with Gasteiger partial charge in [0.2, 0.25) is 0 Å². The van der Waals surface area contributed by atoms with Gasteiger partial charge in [0.15, 0.2) is 0 Å². The van der Waals surface area contributed by atoms with Gasteiger partial charge >= 0.3 is 0 Å². The summed E-state index contributed by atoms with van der Waals surface area (Å²) in [6, 6.07) is 85.4. The zero-order valence-corrected chi connectivity index (χ0v) is 42.9. The Balaban J connectivity index is 0.828. The number of aromatic nitrogens is 1.